The molecule has 52 heavy (non-hydrogen) atoms. The van der Waals surface area contributed by atoms with Gasteiger partial charge in [-0.15, -0.1) is 0 Å². The van der Waals surface area contributed by atoms with Crippen LogP contribution in [-0.4, -0.2) is 0 Å². The Labute approximate surface area is 308 Å². The third-order valence-corrected chi connectivity index (χ3v) is 9.38. The number of nitrogens with zero attached hydrogens (tertiary/aromatic N) is 2. The minimum Gasteiger partial charge on any atom is -0.315 e. The van der Waals surface area contributed by atoms with Gasteiger partial charge in [-0.1, -0.05) is 147 Å². The lowest BCUT2D eigenvalue weighted by Gasteiger charge is -2.26. The predicted molar refractivity (Wildman–Crippen MR) is 225 cm³/mol. The highest BCUT2D eigenvalue weighted by molar-refractivity contribution is 5.89. The monoisotopic (exact) mass is 670 g/mol. The van der Waals surface area contributed by atoms with Crippen molar-refractivity contribution in [3.8, 4) is 33.4 Å². The van der Waals surface area contributed by atoms with E-state index in [-0.39, 0.29) is 0 Å². The SMILES string of the molecule is C=C/C=C(\C)N(C(=C)/C=C\C)c1ccc(-c2ccc(-c3ccc(-c4ccc(N(c5ccccc5)c5ccc6ccccc6c5)cc4)cc3)cc2)cc1. The van der Waals surface area contributed by atoms with Crippen LogP contribution in [0.5, 0.6) is 0 Å². The normalized spacial score (nSPS) is 11.5. The molecule has 0 amide bonds. The average molecular weight is 671 g/mol. The van der Waals surface area contributed by atoms with E-state index in [4.69, 9.17) is 0 Å². The van der Waals surface area contributed by atoms with Crippen LogP contribution in [-0.2, 0) is 0 Å². The minimum atomic E-state index is 0.907. The van der Waals surface area contributed by atoms with E-state index in [0.717, 1.165) is 34.1 Å². The van der Waals surface area contributed by atoms with E-state index in [1.807, 2.05) is 25.2 Å². The highest BCUT2D eigenvalue weighted by Crippen LogP contribution is 2.37. The van der Waals surface area contributed by atoms with Crippen LogP contribution < -0.4 is 9.80 Å². The molecule has 0 aliphatic rings. The Hall–Kier alpha value is -6.64. The van der Waals surface area contributed by atoms with E-state index < -0.39 is 0 Å². The molecule has 0 aromatic heterocycles. The van der Waals surface area contributed by atoms with Crippen LogP contribution >= 0.6 is 0 Å². The molecule has 2 nitrogen and oxygen atoms in total. The second-order valence-corrected chi connectivity index (χ2v) is 12.8. The van der Waals surface area contributed by atoms with Crippen molar-refractivity contribution in [2.24, 2.45) is 0 Å². The number of anilines is 4. The molecule has 252 valence electrons. The van der Waals surface area contributed by atoms with Gasteiger partial charge < -0.3 is 9.80 Å². The molecule has 0 atom stereocenters. The minimum absolute atomic E-state index is 0.907. The van der Waals surface area contributed by atoms with Crippen LogP contribution in [0.1, 0.15) is 13.8 Å². The molecule has 0 heterocycles. The molecular weight excluding hydrogens is 629 g/mol. The fourth-order valence-electron chi connectivity index (χ4n) is 6.76. The first-order valence-electron chi connectivity index (χ1n) is 17.7. The number of hydrogen-bond donors (Lipinski definition) is 0. The molecule has 0 saturated heterocycles. The maximum absolute atomic E-state index is 4.27. The van der Waals surface area contributed by atoms with Crippen LogP contribution in [0.4, 0.5) is 22.7 Å². The molecular formula is C50H42N2. The van der Waals surface area contributed by atoms with Crippen LogP contribution in [0, 0.1) is 0 Å². The van der Waals surface area contributed by atoms with Crippen molar-refractivity contribution >= 4 is 33.5 Å². The highest BCUT2D eigenvalue weighted by Gasteiger charge is 2.14. The van der Waals surface area contributed by atoms with Gasteiger partial charge in [-0.05, 0) is 119 Å². The summed E-state index contributed by atoms with van der Waals surface area (Å²) < 4.78 is 0. The first-order valence-corrected chi connectivity index (χ1v) is 17.7. The van der Waals surface area contributed by atoms with Gasteiger partial charge in [0.05, 0.1) is 0 Å². The van der Waals surface area contributed by atoms with E-state index in [2.05, 4.69) is 200 Å². The molecule has 0 aliphatic carbocycles. The molecule has 0 saturated carbocycles. The summed E-state index contributed by atoms with van der Waals surface area (Å²) in [6.45, 7) is 12.2. The lowest BCUT2D eigenvalue weighted by molar-refractivity contribution is 1.10. The second kappa shape index (κ2) is 15.5. The van der Waals surface area contributed by atoms with Gasteiger partial charge in [0.15, 0.2) is 0 Å². The molecule has 7 aromatic rings. The van der Waals surface area contributed by atoms with Gasteiger partial charge in [-0.2, -0.15) is 0 Å². The van der Waals surface area contributed by atoms with Gasteiger partial charge in [0.25, 0.3) is 0 Å². The summed E-state index contributed by atoms with van der Waals surface area (Å²) in [4.78, 5) is 4.45. The Morgan fingerprint density at radius 2 is 0.904 bits per heavy atom. The summed E-state index contributed by atoms with van der Waals surface area (Å²) >= 11 is 0. The van der Waals surface area contributed by atoms with E-state index >= 15 is 0 Å². The number of fused-ring (bicyclic) bond motifs is 1. The Balaban J connectivity index is 1.08. The summed E-state index contributed by atoms with van der Waals surface area (Å²) in [5, 5.41) is 2.46. The Morgan fingerprint density at radius 3 is 1.40 bits per heavy atom. The first kappa shape index (κ1) is 33.8. The van der Waals surface area contributed by atoms with Crippen molar-refractivity contribution in [1.29, 1.82) is 0 Å². The van der Waals surface area contributed by atoms with Gasteiger partial charge in [-0.25, -0.2) is 0 Å². The van der Waals surface area contributed by atoms with E-state index in [9.17, 15) is 0 Å². The molecule has 0 unspecified atom stereocenters. The first-order chi connectivity index (χ1) is 25.5. The van der Waals surface area contributed by atoms with Crippen LogP contribution in [0.25, 0.3) is 44.2 Å². The maximum Gasteiger partial charge on any atom is 0.0468 e. The quantitative estimate of drug-likeness (QED) is 0.126. The van der Waals surface area contributed by atoms with Crippen LogP contribution in [0.15, 0.2) is 219 Å². The zero-order valence-corrected chi connectivity index (χ0v) is 29.8. The van der Waals surface area contributed by atoms with E-state index in [1.165, 1.54) is 44.2 Å². The molecule has 0 spiro atoms. The molecule has 7 rings (SSSR count). The van der Waals surface area contributed by atoms with Gasteiger partial charge in [0.1, 0.15) is 0 Å². The molecule has 0 bridgehead atoms. The molecule has 2 heteroatoms. The number of allylic oxidation sites excluding steroid dienone is 5. The average Bonchev–Trinajstić information content (AvgIpc) is 3.19. The Morgan fingerprint density at radius 1 is 0.481 bits per heavy atom. The molecule has 0 N–H and O–H groups in total. The van der Waals surface area contributed by atoms with Gasteiger partial charge >= 0.3 is 0 Å². The summed E-state index contributed by atoms with van der Waals surface area (Å²) in [6.07, 6.45) is 7.82. The van der Waals surface area contributed by atoms with E-state index in [1.54, 1.807) is 6.08 Å². The third-order valence-electron chi connectivity index (χ3n) is 9.38. The Bertz CT molecular complexity index is 2360. The number of benzene rings is 7. The van der Waals surface area contributed by atoms with Crippen molar-refractivity contribution < 1.29 is 0 Å². The number of rotatable bonds is 11. The summed E-state index contributed by atoms with van der Waals surface area (Å²) in [6, 6.07) is 60.9. The second-order valence-electron chi connectivity index (χ2n) is 12.8. The fourth-order valence-corrected chi connectivity index (χ4v) is 6.76. The standard InChI is InChI=1S/C50H42N2/c1-5-12-37(3)51(38(4)13-6-2)48-31-26-44(27-32-48)42-22-18-40(19-23-42)41-20-24-43(25-21-41)45-28-33-49(34-29-45)52(47-16-8-7-9-17-47)50-35-30-39-14-10-11-15-46(39)36-50/h5-36H,1,4H2,2-3H3/b13-6-,37-12+. The zero-order valence-electron chi connectivity index (χ0n) is 29.8. The summed E-state index contributed by atoms with van der Waals surface area (Å²) in [5.41, 5.74) is 13.5. The van der Waals surface area contributed by atoms with Gasteiger partial charge in [0, 0.05) is 34.1 Å². The molecule has 0 aliphatic heterocycles. The van der Waals surface area contributed by atoms with Crippen LogP contribution in [0.2, 0.25) is 0 Å². The predicted octanol–water partition coefficient (Wildman–Crippen LogP) is 14.3. The van der Waals surface area contributed by atoms with Gasteiger partial charge in [-0.3, -0.25) is 0 Å². The third kappa shape index (κ3) is 7.28. The smallest absolute Gasteiger partial charge is 0.0468 e. The number of para-hydroxylation sites is 1. The van der Waals surface area contributed by atoms with Crippen molar-refractivity contribution in [2.75, 3.05) is 9.80 Å². The molecule has 7 aromatic carbocycles. The van der Waals surface area contributed by atoms with E-state index in [0.29, 0.717) is 0 Å². The topological polar surface area (TPSA) is 6.48 Å². The van der Waals surface area contributed by atoms with Crippen molar-refractivity contribution in [3.63, 3.8) is 0 Å². The van der Waals surface area contributed by atoms with Gasteiger partial charge in [0.2, 0.25) is 0 Å². The Kier molecular flexibility index (Phi) is 10.1. The van der Waals surface area contributed by atoms with Crippen molar-refractivity contribution in [3.05, 3.63) is 219 Å². The lowest BCUT2D eigenvalue weighted by Crippen LogP contribution is -2.18. The molecule has 0 fully saturated rings. The van der Waals surface area contributed by atoms with Crippen LogP contribution in [0.3, 0.4) is 0 Å². The summed E-state index contributed by atoms with van der Waals surface area (Å²) in [7, 11) is 0. The zero-order chi connectivity index (χ0) is 35.9. The highest BCUT2D eigenvalue weighted by atomic mass is 15.1. The fraction of sp³-hybridized carbons (Fsp3) is 0.0400. The van der Waals surface area contributed by atoms with Crippen molar-refractivity contribution in [2.45, 2.75) is 13.8 Å². The lowest BCUT2D eigenvalue weighted by atomic mass is 9.98. The largest absolute Gasteiger partial charge is 0.315 e. The number of hydrogen-bond acceptors (Lipinski definition) is 2. The van der Waals surface area contributed by atoms with Crippen molar-refractivity contribution in [1.82, 2.24) is 0 Å². The maximum atomic E-state index is 4.27. The molecule has 0 radical (unpaired) electrons. The summed E-state index contributed by atoms with van der Waals surface area (Å²) in [5.74, 6) is 0.